The number of aromatic nitrogens is 1. The van der Waals surface area contributed by atoms with Gasteiger partial charge in [0.05, 0.1) is 5.01 Å². The Kier molecular flexibility index (Phi) is 2.76. The van der Waals surface area contributed by atoms with E-state index < -0.39 is 0 Å². The Morgan fingerprint density at radius 3 is 2.81 bits per heavy atom. The predicted octanol–water partition coefficient (Wildman–Crippen LogP) is 3.12. The number of thiazole rings is 1. The summed E-state index contributed by atoms with van der Waals surface area (Å²) in [4.78, 5) is 5.67. The van der Waals surface area contributed by atoms with Crippen LogP contribution < -0.4 is 5.32 Å². The molecule has 2 fully saturated rings. The summed E-state index contributed by atoms with van der Waals surface area (Å²) in [6, 6.07) is 0. The van der Waals surface area contributed by atoms with Gasteiger partial charge in [-0.1, -0.05) is 6.42 Å². The molecule has 1 aromatic heterocycles. The molecule has 88 valence electrons. The van der Waals surface area contributed by atoms with Crippen molar-refractivity contribution in [2.24, 2.45) is 11.3 Å². The third-order valence-corrected chi connectivity index (χ3v) is 5.15. The van der Waals surface area contributed by atoms with E-state index >= 15 is 0 Å². The number of rotatable bonds is 5. The lowest BCUT2D eigenvalue weighted by atomic mass is 9.65. The molecule has 2 nitrogen and oxygen atoms in total. The molecule has 2 saturated carbocycles. The summed E-state index contributed by atoms with van der Waals surface area (Å²) < 4.78 is 0. The van der Waals surface area contributed by atoms with Crippen molar-refractivity contribution in [3.8, 4) is 0 Å². The van der Waals surface area contributed by atoms with Crippen molar-refractivity contribution in [1.29, 1.82) is 0 Å². The Bertz CT molecular complexity index is 364. The van der Waals surface area contributed by atoms with E-state index in [-0.39, 0.29) is 0 Å². The van der Waals surface area contributed by atoms with Crippen LogP contribution in [0.4, 0.5) is 0 Å². The maximum atomic E-state index is 4.29. The second-order valence-electron chi connectivity index (χ2n) is 5.44. The fourth-order valence-electron chi connectivity index (χ4n) is 2.98. The van der Waals surface area contributed by atoms with Gasteiger partial charge in [0.1, 0.15) is 0 Å². The van der Waals surface area contributed by atoms with E-state index in [0.717, 1.165) is 12.5 Å². The molecule has 0 unspecified atom stereocenters. The molecule has 2 aliphatic rings. The van der Waals surface area contributed by atoms with E-state index in [1.165, 1.54) is 48.5 Å². The summed E-state index contributed by atoms with van der Waals surface area (Å²) in [7, 11) is 0. The van der Waals surface area contributed by atoms with Crippen molar-refractivity contribution in [1.82, 2.24) is 10.3 Å². The van der Waals surface area contributed by atoms with E-state index in [1.54, 1.807) is 0 Å². The molecule has 0 aliphatic heterocycles. The minimum atomic E-state index is 0.694. The van der Waals surface area contributed by atoms with Crippen molar-refractivity contribution >= 4 is 11.3 Å². The number of aryl methyl sites for hydroxylation is 1. The van der Waals surface area contributed by atoms with Gasteiger partial charge in [-0.15, -0.1) is 11.3 Å². The molecule has 3 rings (SSSR count). The molecular weight excluding hydrogens is 216 g/mol. The Hall–Kier alpha value is -0.410. The molecule has 0 spiro atoms. The Balaban J connectivity index is 1.49. The Morgan fingerprint density at radius 1 is 1.50 bits per heavy atom. The van der Waals surface area contributed by atoms with Gasteiger partial charge in [-0.25, -0.2) is 4.98 Å². The Morgan fingerprint density at radius 2 is 2.31 bits per heavy atom. The average Bonchev–Trinajstić information content (AvgIpc) is 2.96. The van der Waals surface area contributed by atoms with Gasteiger partial charge in [-0.05, 0) is 43.9 Å². The lowest BCUT2D eigenvalue weighted by molar-refractivity contribution is 0.0988. The highest BCUT2D eigenvalue weighted by Gasteiger charge is 2.48. The van der Waals surface area contributed by atoms with E-state index in [4.69, 9.17) is 0 Å². The van der Waals surface area contributed by atoms with Gasteiger partial charge >= 0.3 is 0 Å². The largest absolute Gasteiger partial charge is 0.311 e. The highest BCUT2D eigenvalue weighted by molar-refractivity contribution is 7.11. The first-order valence-electron chi connectivity index (χ1n) is 6.41. The molecular formula is C13H20N2S. The first-order valence-corrected chi connectivity index (χ1v) is 7.22. The predicted molar refractivity (Wildman–Crippen MR) is 67.6 cm³/mol. The van der Waals surface area contributed by atoms with Crippen LogP contribution in [-0.2, 0) is 6.54 Å². The molecule has 0 radical (unpaired) electrons. The van der Waals surface area contributed by atoms with Crippen LogP contribution in [0.3, 0.4) is 0 Å². The minimum absolute atomic E-state index is 0.694. The third-order valence-electron chi connectivity index (χ3n) is 4.24. The number of nitrogens with one attached hydrogen (secondary N) is 1. The highest BCUT2D eigenvalue weighted by atomic mass is 32.1. The van der Waals surface area contributed by atoms with Crippen LogP contribution in [0.5, 0.6) is 0 Å². The monoisotopic (exact) mass is 236 g/mol. The summed E-state index contributed by atoms with van der Waals surface area (Å²) in [5, 5.41) is 4.83. The van der Waals surface area contributed by atoms with Crippen molar-refractivity contribution in [3.05, 3.63) is 16.1 Å². The zero-order valence-corrected chi connectivity index (χ0v) is 10.8. The van der Waals surface area contributed by atoms with Gasteiger partial charge in [-0.3, -0.25) is 0 Å². The number of hydrogen-bond acceptors (Lipinski definition) is 3. The van der Waals surface area contributed by atoms with E-state index in [0.29, 0.717) is 5.41 Å². The SMILES string of the molecule is Cc1ncc(CNCC2(C3CC3)CCC2)s1. The van der Waals surface area contributed by atoms with Crippen LogP contribution in [0.15, 0.2) is 6.20 Å². The lowest BCUT2D eigenvalue weighted by Gasteiger charge is -2.42. The summed E-state index contributed by atoms with van der Waals surface area (Å²) in [6.45, 7) is 4.32. The number of hydrogen-bond donors (Lipinski definition) is 1. The van der Waals surface area contributed by atoms with Gasteiger partial charge in [0, 0.05) is 24.2 Å². The summed E-state index contributed by atoms with van der Waals surface area (Å²) in [6.07, 6.45) is 9.37. The molecule has 1 aromatic rings. The maximum absolute atomic E-state index is 4.29. The van der Waals surface area contributed by atoms with E-state index in [9.17, 15) is 0 Å². The minimum Gasteiger partial charge on any atom is -0.311 e. The van der Waals surface area contributed by atoms with Gasteiger partial charge in [0.15, 0.2) is 0 Å². The molecule has 0 saturated heterocycles. The zero-order chi connectivity index (χ0) is 11.0. The topological polar surface area (TPSA) is 24.9 Å². The molecule has 0 aromatic carbocycles. The van der Waals surface area contributed by atoms with Crippen LogP contribution in [0.2, 0.25) is 0 Å². The molecule has 0 atom stereocenters. The molecule has 3 heteroatoms. The van der Waals surface area contributed by atoms with Gasteiger partial charge < -0.3 is 5.32 Å². The number of nitrogens with zero attached hydrogens (tertiary/aromatic N) is 1. The van der Waals surface area contributed by atoms with Crippen LogP contribution in [0.1, 0.15) is 42.0 Å². The summed E-state index contributed by atoms with van der Waals surface area (Å²) >= 11 is 1.81. The van der Waals surface area contributed by atoms with E-state index in [2.05, 4.69) is 17.2 Å². The van der Waals surface area contributed by atoms with Gasteiger partial charge in [-0.2, -0.15) is 0 Å². The summed E-state index contributed by atoms with van der Waals surface area (Å²) in [5.41, 5.74) is 0.694. The fraction of sp³-hybridized carbons (Fsp3) is 0.769. The van der Waals surface area contributed by atoms with Crippen molar-refractivity contribution in [2.45, 2.75) is 45.6 Å². The first-order chi connectivity index (χ1) is 7.78. The maximum Gasteiger partial charge on any atom is 0.0897 e. The normalized spacial score (nSPS) is 23.1. The van der Waals surface area contributed by atoms with Crippen molar-refractivity contribution < 1.29 is 0 Å². The average molecular weight is 236 g/mol. The molecule has 16 heavy (non-hydrogen) atoms. The highest BCUT2D eigenvalue weighted by Crippen LogP contribution is 2.56. The second-order valence-corrected chi connectivity index (χ2v) is 6.76. The molecule has 0 amide bonds. The fourth-order valence-corrected chi connectivity index (χ4v) is 3.74. The summed E-state index contributed by atoms with van der Waals surface area (Å²) in [5.74, 6) is 1.05. The van der Waals surface area contributed by atoms with E-state index in [1.807, 2.05) is 17.5 Å². The molecule has 2 aliphatic carbocycles. The van der Waals surface area contributed by atoms with Crippen LogP contribution >= 0.6 is 11.3 Å². The Labute approximate surface area is 101 Å². The standard InChI is InChI=1S/C13H20N2S/c1-10-15-8-12(16-10)7-14-9-13(5-2-6-13)11-3-4-11/h8,11,14H,2-7,9H2,1H3. The van der Waals surface area contributed by atoms with Crippen LogP contribution in [-0.4, -0.2) is 11.5 Å². The van der Waals surface area contributed by atoms with Crippen molar-refractivity contribution in [2.75, 3.05) is 6.54 Å². The second kappa shape index (κ2) is 4.11. The quantitative estimate of drug-likeness (QED) is 0.849. The lowest BCUT2D eigenvalue weighted by Crippen LogP contribution is -2.41. The molecule has 1 N–H and O–H groups in total. The van der Waals surface area contributed by atoms with Gasteiger partial charge in [0.25, 0.3) is 0 Å². The van der Waals surface area contributed by atoms with Crippen molar-refractivity contribution in [3.63, 3.8) is 0 Å². The van der Waals surface area contributed by atoms with Gasteiger partial charge in [0.2, 0.25) is 0 Å². The van der Waals surface area contributed by atoms with Crippen LogP contribution in [0.25, 0.3) is 0 Å². The smallest absolute Gasteiger partial charge is 0.0897 e. The molecule has 1 heterocycles. The van der Waals surface area contributed by atoms with Crippen LogP contribution in [0, 0.1) is 18.3 Å². The zero-order valence-electron chi connectivity index (χ0n) is 9.96. The molecule has 0 bridgehead atoms. The first kappa shape index (κ1) is 10.7. The third kappa shape index (κ3) is 2.03.